The van der Waals surface area contributed by atoms with E-state index < -0.39 is 17.8 Å². The Morgan fingerprint density at radius 1 is 1.04 bits per heavy atom. The monoisotopic (exact) mass is 329 g/mol. The van der Waals surface area contributed by atoms with Crippen molar-refractivity contribution in [2.45, 2.75) is 19.1 Å². The number of piperazine rings is 1. The van der Waals surface area contributed by atoms with Gasteiger partial charge in [0.05, 0.1) is 11.6 Å². The highest BCUT2D eigenvalue weighted by molar-refractivity contribution is 5.94. The summed E-state index contributed by atoms with van der Waals surface area (Å²) in [4.78, 5) is 27.2. The number of nitrogens with two attached hydrogens (primary N) is 1. The average Bonchev–Trinajstić information content (AvgIpc) is 2.53. The van der Waals surface area contributed by atoms with Gasteiger partial charge in [0.2, 0.25) is 5.91 Å². The quantitative estimate of drug-likeness (QED) is 0.890. The molecule has 8 heteroatoms. The molecule has 1 atom stereocenters. The lowest BCUT2D eigenvalue weighted by Gasteiger charge is -2.35. The van der Waals surface area contributed by atoms with E-state index in [9.17, 15) is 22.8 Å². The molecule has 2 N–H and O–H groups in total. The number of alkyl halides is 3. The van der Waals surface area contributed by atoms with E-state index in [1.165, 1.54) is 17.0 Å². The van der Waals surface area contributed by atoms with Gasteiger partial charge in [-0.15, -0.1) is 0 Å². The Hall–Kier alpha value is -2.09. The summed E-state index contributed by atoms with van der Waals surface area (Å²) in [5, 5.41) is 0. The average molecular weight is 329 g/mol. The van der Waals surface area contributed by atoms with Gasteiger partial charge in [0.25, 0.3) is 5.91 Å². The van der Waals surface area contributed by atoms with Crippen LogP contribution in [0, 0.1) is 0 Å². The molecule has 0 saturated carbocycles. The molecule has 1 saturated heterocycles. The van der Waals surface area contributed by atoms with Crippen LogP contribution in [0.4, 0.5) is 13.2 Å². The van der Waals surface area contributed by atoms with Crippen LogP contribution in [0.5, 0.6) is 0 Å². The van der Waals surface area contributed by atoms with E-state index in [2.05, 4.69) is 0 Å². The second-order valence-electron chi connectivity index (χ2n) is 5.48. The highest BCUT2D eigenvalue weighted by Gasteiger charge is 2.31. The minimum Gasteiger partial charge on any atom is -0.338 e. The first-order chi connectivity index (χ1) is 10.7. The van der Waals surface area contributed by atoms with Gasteiger partial charge in [-0.1, -0.05) is 0 Å². The number of halogens is 3. The Morgan fingerprint density at radius 2 is 1.52 bits per heavy atom. The minimum absolute atomic E-state index is 0.174. The van der Waals surface area contributed by atoms with Crippen molar-refractivity contribution in [2.75, 3.05) is 26.2 Å². The van der Waals surface area contributed by atoms with Gasteiger partial charge in [-0.3, -0.25) is 9.59 Å². The lowest BCUT2D eigenvalue weighted by atomic mass is 10.1. The Labute approximate surface area is 131 Å². The van der Waals surface area contributed by atoms with Crippen molar-refractivity contribution in [3.8, 4) is 0 Å². The molecule has 0 aromatic heterocycles. The largest absolute Gasteiger partial charge is 0.416 e. The molecule has 1 aromatic rings. The molecule has 0 spiro atoms. The van der Waals surface area contributed by atoms with Crippen LogP contribution in [0.3, 0.4) is 0 Å². The van der Waals surface area contributed by atoms with Crippen molar-refractivity contribution in [1.82, 2.24) is 9.80 Å². The maximum Gasteiger partial charge on any atom is 0.416 e. The Kier molecular flexibility index (Phi) is 4.93. The van der Waals surface area contributed by atoms with Crippen molar-refractivity contribution < 1.29 is 22.8 Å². The van der Waals surface area contributed by atoms with Gasteiger partial charge in [0, 0.05) is 31.7 Å². The highest BCUT2D eigenvalue weighted by atomic mass is 19.4. The van der Waals surface area contributed by atoms with Gasteiger partial charge in [-0.05, 0) is 31.2 Å². The van der Waals surface area contributed by atoms with Crippen molar-refractivity contribution in [1.29, 1.82) is 0 Å². The SMILES string of the molecule is CC(N)C(=O)N1CCN(C(=O)c2ccc(C(F)(F)F)cc2)CC1. The van der Waals surface area contributed by atoms with Gasteiger partial charge < -0.3 is 15.5 Å². The zero-order chi connectivity index (χ0) is 17.2. The number of benzene rings is 1. The van der Waals surface area contributed by atoms with Crippen LogP contribution in [0.25, 0.3) is 0 Å². The van der Waals surface area contributed by atoms with Crippen molar-refractivity contribution in [3.05, 3.63) is 35.4 Å². The van der Waals surface area contributed by atoms with Crippen LogP contribution >= 0.6 is 0 Å². The topological polar surface area (TPSA) is 66.6 Å². The first-order valence-corrected chi connectivity index (χ1v) is 7.21. The Morgan fingerprint density at radius 3 is 1.96 bits per heavy atom. The molecule has 1 heterocycles. The summed E-state index contributed by atoms with van der Waals surface area (Å²) < 4.78 is 37.5. The first kappa shape index (κ1) is 17.3. The molecule has 2 rings (SSSR count). The summed E-state index contributed by atoms with van der Waals surface area (Å²) in [7, 11) is 0. The first-order valence-electron chi connectivity index (χ1n) is 7.21. The van der Waals surface area contributed by atoms with Crippen LogP contribution < -0.4 is 5.73 Å². The summed E-state index contributed by atoms with van der Waals surface area (Å²) in [5.41, 5.74) is 4.95. The highest BCUT2D eigenvalue weighted by Crippen LogP contribution is 2.29. The number of hydrogen-bond donors (Lipinski definition) is 1. The Balaban J connectivity index is 1.99. The molecule has 1 aliphatic rings. The fourth-order valence-corrected chi connectivity index (χ4v) is 2.40. The molecule has 2 amide bonds. The smallest absolute Gasteiger partial charge is 0.338 e. The predicted molar refractivity (Wildman–Crippen MR) is 77.6 cm³/mol. The number of carbonyl (C=O) groups excluding carboxylic acids is 2. The van der Waals surface area contributed by atoms with Crippen molar-refractivity contribution in [3.63, 3.8) is 0 Å². The van der Waals surface area contributed by atoms with E-state index in [4.69, 9.17) is 5.73 Å². The molecular weight excluding hydrogens is 311 g/mol. The molecule has 0 radical (unpaired) electrons. The maximum absolute atomic E-state index is 12.5. The lowest BCUT2D eigenvalue weighted by molar-refractivity contribution is -0.137. The zero-order valence-electron chi connectivity index (χ0n) is 12.6. The summed E-state index contributed by atoms with van der Waals surface area (Å²) >= 11 is 0. The predicted octanol–water partition coefficient (Wildman–Crippen LogP) is 1.34. The van der Waals surface area contributed by atoms with E-state index in [1.807, 2.05) is 0 Å². The third-order valence-corrected chi connectivity index (χ3v) is 3.73. The lowest BCUT2D eigenvalue weighted by Crippen LogP contribution is -2.53. The standard InChI is InChI=1S/C15H18F3N3O2/c1-10(19)13(22)20-6-8-21(9-7-20)14(23)11-2-4-12(5-3-11)15(16,17)18/h2-5,10H,6-9,19H2,1H3. The summed E-state index contributed by atoms with van der Waals surface area (Å²) in [6, 6.07) is 3.54. The molecule has 0 aliphatic carbocycles. The van der Waals surface area contributed by atoms with Crippen LogP contribution in [0.15, 0.2) is 24.3 Å². The summed E-state index contributed by atoms with van der Waals surface area (Å²) in [6.45, 7) is 3.00. The van der Waals surface area contributed by atoms with Gasteiger partial charge in [-0.25, -0.2) is 0 Å². The molecule has 1 fully saturated rings. The fourth-order valence-electron chi connectivity index (χ4n) is 2.40. The number of nitrogens with zero attached hydrogens (tertiary/aromatic N) is 2. The molecule has 1 aliphatic heterocycles. The van der Waals surface area contributed by atoms with Gasteiger partial charge >= 0.3 is 6.18 Å². The number of amides is 2. The maximum atomic E-state index is 12.5. The van der Waals surface area contributed by atoms with Gasteiger partial charge in [-0.2, -0.15) is 13.2 Å². The number of hydrogen-bond acceptors (Lipinski definition) is 3. The molecule has 0 bridgehead atoms. The Bertz CT molecular complexity index is 577. The van der Waals surface area contributed by atoms with E-state index in [0.717, 1.165) is 12.1 Å². The molecule has 23 heavy (non-hydrogen) atoms. The van der Waals surface area contributed by atoms with Crippen LogP contribution in [0.1, 0.15) is 22.8 Å². The number of carbonyl (C=O) groups is 2. The van der Waals surface area contributed by atoms with Crippen LogP contribution in [0.2, 0.25) is 0 Å². The third kappa shape index (κ3) is 4.01. The van der Waals surface area contributed by atoms with Crippen molar-refractivity contribution >= 4 is 11.8 Å². The van der Waals surface area contributed by atoms with E-state index in [1.54, 1.807) is 11.8 Å². The van der Waals surface area contributed by atoms with E-state index in [0.29, 0.717) is 26.2 Å². The van der Waals surface area contributed by atoms with E-state index >= 15 is 0 Å². The zero-order valence-corrected chi connectivity index (χ0v) is 12.6. The third-order valence-electron chi connectivity index (χ3n) is 3.73. The minimum atomic E-state index is -4.42. The number of rotatable bonds is 2. The molecular formula is C15H18F3N3O2. The van der Waals surface area contributed by atoms with Crippen LogP contribution in [-0.4, -0.2) is 53.8 Å². The molecule has 5 nitrogen and oxygen atoms in total. The molecule has 126 valence electrons. The fraction of sp³-hybridized carbons (Fsp3) is 0.467. The normalized spacial score (nSPS) is 17.1. The molecule has 1 unspecified atom stereocenters. The second kappa shape index (κ2) is 6.57. The summed E-state index contributed by atoms with van der Waals surface area (Å²) in [6.07, 6.45) is -4.42. The van der Waals surface area contributed by atoms with Gasteiger partial charge in [0.1, 0.15) is 0 Å². The van der Waals surface area contributed by atoms with Crippen molar-refractivity contribution in [2.24, 2.45) is 5.73 Å². The van der Waals surface area contributed by atoms with Gasteiger partial charge in [0.15, 0.2) is 0 Å². The van der Waals surface area contributed by atoms with E-state index in [-0.39, 0.29) is 17.4 Å². The van der Waals surface area contributed by atoms with Crippen LogP contribution in [-0.2, 0) is 11.0 Å². The summed E-state index contributed by atoms with van der Waals surface area (Å²) in [5.74, 6) is -0.516. The molecule has 1 aromatic carbocycles. The second-order valence-corrected chi connectivity index (χ2v) is 5.48.